The Morgan fingerprint density at radius 3 is 2.54 bits per heavy atom. The minimum absolute atomic E-state index is 0.196. The molecule has 0 aliphatic heterocycles. The monoisotopic (exact) mass is 182 g/mol. The Morgan fingerprint density at radius 1 is 1.38 bits per heavy atom. The zero-order chi connectivity index (χ0) is 9.84. The molecule has 4 heteroatoms. The molecule has 0 aliphatic carbocycles. The summed E-state index contributed by atoms with van der Waals surface area (Å²) >= 11 is 0. The van der Waals surface area contributed by atoms with Crippen LogP contribution in [0.3, 0.4) is 0 Å². The molecule has 1 N–H and O–H groups in total. The lowest BCUT2D eigenvalue weighted by atomic mass is 10.3. The van der Waals surface area contributed by atoms with Gasteiger partial charge in [-0.3, -0.25) is 0 Å². The molecule has 1 aromatic carbocycles. The van der Waals surface area contributed by atoms with E-state index in [2.05, 4.69) is 5.32 Å². The standard InChI is InChI=1S/C9H11FN2O/c1-12(2)9(13)11-8-6-4-3-5-7(8)10/h3-6H,1-2H3,(H,11,13). The summed E-state index contributed by atoms with van der Waals surface area (Å²) in [4.78, 5) is 12.5. The normalized spacial score (nSPS) is 9.46. The molecule has 0 heterocycles. The predicted molar refractivity (Wildman–Crippen MR) is 49.1 cm³/mol. The summed E-state index contributed by atoms with van der Waals surface area (Å²) in [5, 5.41) is 2.42. The van der Waals surface area contributed by atoms with Gasteiger partial charge in [0.1, 0.15) is 5.82 Å². The minimum Gasteiger partial charge on any atom is -0.331 e. The summed E-state index contributed by atoms with van der Waals surface area (Å²) in [6, 6.07) is 5.70. The molecule has 0 unspecified atom stereocenters. The van der Waals surface area contributed by atoms with Crippen molar-refractivity contribution in [3.05, 3.63) is 30.1 Å². The van der Waals surface area contributed by atoms with Crippen molar-refractivity contribution in [3.63, 3.8) is 0 Å². The fourth-order valence-corrected chi connectivity index (χ4v) is 0.790. The van der Waals surface area contributed by atoms with Gasteiger partial charge in [0.05, 0.1) is 5.69 Å². The molecule has 0 radical (unpaired) electrons. The quantitative estimate of drug-likeness (QED) is 0.707. The molecule has 13 heavy (non-hydrogen) atoms. The smallest absolute Gasteiger partial charge is 0.321 e. The Hall–Kier alpha value is -1.58. The Labute approximate surface area is 76.2 Å². The number of hydrogen-bond donors (Lipinski definition) is 1. The van der Waals surface area contributed by atoms with Crippen LogP contribution in [-0.2, 0) is 0 Å². The summed E-state index contributed by atoms with van der Waals surface area (Å²) in [5.41, 5.74) is 0.196. The molecular weight excluding hydrogens is 171 g/mol. The molecule has 0 bridgehead atoms. The van der Waals surface area contributed by atoms with E-state index in [4.69, 9.17) is 0 Å². The van der Waals surface area contributed by atoms with Crippen LogP contribution in [0.5, 0.6) is 0 Å². The van der Waals surface area contributed by atoms with Crippen molar-refractivity contribution in [1.29, 1.82) is 0 Å². The maximum absolute atomic E-state index is 13.0. The van der Waals surface area contributed by atoms with E-state index < -0.39 is 5.82 Å². The number of carbonyl (C=O) groups is 1. The maximum Gasteiger partial charge on any atom is 0.321 e. The first-order valence-corrected chi connectivity index (χ1v) is 3.84. The summed E-state index contributed by atoms with van der Waals surface area (Å²) in [7, 11) is 3.19. The van der Waals surface area contributed by atoms with E-state index in [-0.39, 0.29) is 11.7 Å². The number of benzene rings is 1. The molecule has 0 aliphatic rings. The zero-order valence-corrected chi connectivity index (χ0v) is 7.54. The zero-order valence-electron chi connectivity index (χ0n) is 7.54. The first-order chi connectivity index (χ1) is 6.11. The van der Waals surface area contributed by atoms with Gasteiger partial charge in [-0.1, -0.05) is 12.1 Å². The van der Waals surface area contributed by atoms with Crippen molar-refractivity contribution < 1.29 is 9.18 Å². The van der Waals surface area contributed by atoms with Gasteiger partial charge in [0, 0.05) is 14.1 Å². The Kier molecular flexibility index (Phi) is 2.84. The number of para-hydroxylation sites is 1. The molecule has 70 valence electrons. The van der Waals surface area contributed by atoms with Crippen molar-refractivity contribution in [1.82, 2.24) is 4.90 Å². The molecule has 0 aromatic heterocycles. The average Bonchev–Trinajstić information content (AvgIpc) is 2.08. The number of anilines is 1. The molecule has 0 saturated heterocycles. The molecule has 0 fully saturated rings. The second kappa shape index (κ2) is 3.89. The van der Waals surface area contributed by atoms with Crippen molar-refractivity contribution >= 4 is 11.7 Å². The largest absolute Gasteiger partial charge is 0.331 e. The van der Waals surface area contributed by atoms with E-state index in [9.17, 15) is 9.18 Å². The van der Waals surface area contributed by atoms with Crippen molar-refractivity contribution in [3.8, 4) is 0 Å². The van der Waals surface area contributed by atoms with Crippen LogP contribution in [0.25, 0.3) is 0 Å². The van der Waals surface area contributed by atoms with Gasteiger partial charge in [0.15, 0.2) is 0 Å². The van der Waals surface area contributed by atoms with E-state index in [0.717, 1.165) is 0 Å². The summed E-state index contributed by atoms with van der Waals surface area (Å²) in [6.07, 6.45) is 0. The van der Waals surface area contributed by atoms with Crippen LogP contribution in [0.1, 0.15) is 0 Å². The molecule has 0 atom stereocenters. The topological polar surface area (TPSA) is 32.3 Å². The van der Waals surface area contributed by atoms with E-state index in [1.54, 1.807) is 26.2 Å². The van der Waals surface area contributed by atoms with Gasteiger partial charge < -0.3 is 10.2 Å². The summed E-state index contributed by atoms with van der Waals surface area (Å²) < 4.78 is 13.0. The first kappa shape index (κ1) is 9.51. The Balaban J connectivity index is 2.75. The predicted octanol–water partition coefficient (Wildman–Crippen LogP) is 1.92. The lowest BCUT2D eigenvalue weighted by molar-refractivity contribution is 0.230. The second-order valence-electron chi connectivity index (χ2n) is 2.80. The number of nitrogens with one attached hydrogen (secondary N) is 1. The van der Waals surface area contributed by atoms with Crippen molar-refractivity contribution in [2.45, 2.75) is 0 Å². The van der Waals surface area contributed by atoms with Crippen LogP contribution >= 0.6 is 0 Å². The van der Waals surface area contributed by atoms with E-state index in [1.165, 1.54) is 17.0 Å². The van der Waals surface area contributed by atoms with Crippen LogP contribution in [0.15, 0.2) is 24.3 Å². The molecule has 2 amide bonds. The Bertz CT molecular complexity index is 312. The molecule has 0 saturated carbocycles. The summed E-state index contributed by atoms with van der Waals surface area (Å²) in [6.45, 7) is 0. The molecule has 0 spiro atoms. The van der Waals surface area contributed by atoms with Crippen molar-refractivity contribution in [2.75, 3.05) is 19.4 Å². The molecule has 3 nitrogen and oxygen atoms in total. The third-order valence-corrected chi connectivity index (χ3v) is 1.52. The maximum atomic E-state index is 13.0. The highest BCUT2D eigenvalue weighted by Crippen LogP contribution is 2.12. The fourth-order valence-electron chi connectivity index (χ4n) is 0.790. The number of rotatable bonds is 1. The molecular formula is C9H11FN2O. The lowest BCUT2D eigenvalue weighted by Gasteiger charge is -2.11. The highest BCUT2D eigenvalue weighted by atomic mass is 19.1. The summed E-state index contributed by atoms with van der Waals surface area (Å²) in [5.74, 6) is -0.433. The number of hydrogen-bond acceptors (Lipinski definition) is 1. The van der Waals surface area contributed by atoms with Crippen molar-refractivity contribution in [2.24, 2.45) is 0 Å². The van der Waals surface area contributed by atoms with Gasteiger partial charge >= 0.3 is 6.03 Å². The van der Waals surface area contributed by atoms with E-state index in [1.807, 2.05) is 0 Å². The van der Waals surface area contributed by atoms with Gasteiger partial charge in [-0.25, -0.2) is 9.18 Å². The number of nitrogens with zero attached hydrogens (tertiary/aromatic N) is 1. The van der Waals surface area contributed by atoms with Gasteiger partial charge in [-0.2, -0.15) is 0 Å². The van der Waals surface area contributed by atoms with Gasteiger partial charge in [0.25, 0.3) is 0 Å². The number of carbonyl (C=O) groups excluding carboxylic acids is 1. The van der Waals surface area contributed by atoms with E-state index in [0.29, 0.717) is 0 Å². The second-order valence-corrected chi connectivity index (χ2v) is 2.80. The van der Waals surface area contributed by atoms with E-state index >= 15 is 0 Å². The number of amides is 2. The van der Waals surface area contributed by atoms with Crippen LogP contribution in [-0.4, -0.2) is 25.0 Å². The lowest BCUT2D eigenvalue weighted by Crippen LogP contribution is -2.27. The minimum atomic E-state index is -0.433. The van der Waals surface area contributed by atoms with Gasteiger partial charge in [0.2, 0.25) is 0 Å². The van der Waals surface area contributed by atoms with Crippen LogP contribution in [0.2, 0.25) is 0 Å². The van der Waals surface area contributed by atoms with Gasteiger partial charge in [-0.15, -0.1) is 0 Å². The SMILES string of the molecule is CN(C)C(=O)Nc1ccccc1F. The molecule has 1 aromatic rings. The van der Waals surface area contributed by atoms with Crippen LogP contribution in [0, 0.1) is 5.82 Å². The molecule has 1 rings (SSSR count). The third-order valence-electron chi connectivity index (χ3n) is 1.52. The van der Waals surface area contributed by atoms with Crippen LogP contribution in [0.4, 0.5) is 14.9 Å². The third kappa shape index (κ3) is 2.43. The highest BCUT2D eigenvalue weighted by Gasteiger charge is 2.06. The number of halogens is 1. The average molecular weight is 182 g/mol. The highest BCUT2D eigenvalue weighted by molar-refractivity contribution is 5.88. The number of urea groups is 1. The first-order valence-electron chi connectivity index (χ1n) is 3.84. The Morgan fingerprint density at radius 2 is 2.00 bits per heavy atom. The fraction of sp³-hybridized carbons (Fsp3) is 0.222. The van der Waals surface area contributed by atoms with Crippen LogP contribution < -0.4 is 5.32 Å². The van der Waals surface area contributed by atoms with Gasteiger partial charge in [-0.05, 0) is 12.1 Å².